The molecule has 1 aliphatic carbocycles. The summed E-state index contributed by atoms with van der Waals surface area (Å²) in [6.45, 7) is 3.55. The van der Waals surface area contributed by atoms with Crippen molar-refractivity contribution in [3.63, 3.8) is 0 Å². The fourth-order valence-corrected chi connectivity index (χ4v) is 3.36. The Kier molecular flexibility index (Phi) is 4.38. The first-order valence-corrected chi connectivity index (χ1v) is 8.23. The van der Waals surface area contributed by atoms with Crippen LogP contribution in [0, 0.1) is 6.92 Å². The Morgan fingerprint density at radius 1 is 1.36 bits per heavy atom. The largest absolute Gasteiger partial charge is 0.506 e. The average molecular weight is 346 g/mol. The summed E-state index contributed by atoms with van der Waals surface area (Å²) in [4.78, 5) is 32.7. The van der Waals surface area contributed by atoms with E-state index in [1.165, 1.54) is 0 Å². The topological polar surface area (TPSA) is 111 Å². The summed E-state index contributed by atoms with van der Waals surface area (Å²) in [7, 11) is 4.01. The van der Waals surface area contributed by atoms with Crippen LogP contribution in [0.2, 0.25) is 0 Å². The summed E-state index contributed by atoms with van der Waals surface area (Å²) < 4.78 is 2.13. The van der Waals surface area contributed by atoms with E-state index < -0.39 is 22.8 Å². The first kappa shape index (κ1) is 17.2. The van der Waals surface area contributed by atoms with Crippen LogP contribution in [-0.2, 0) is 19.4 Å². The first-order valence-electron chi connectivity index (χ1n) is 8.23. The number of aromatic hydroxyl groups is 1. The maximum Gasteiger partial charge on any atom is 0.345 e. The molecule has 3 rings (SSSR count). The van der Waals surface area contributed by atoms with Gasteiger partial charge in [0, 0.05) is 24.3 Å². The van der Waals surface area contributed by atoms with Gasteiger partial charge in [0.15, 0.2) is 5.56 Å². The van der Waals surface area contributed by atoms with Gasteiger partial charge in [-0.1, -0.05) is 0 Å². The van der Waals surface area contributed by atoms with Crippen LogP contribution in [0.1, 0.15) is 33.9 Å². The molecule has 0 bridgehead atoms. The Morgan fingerprint density at radius 3 is 2.72 bits per heavy atom. The van der Waals surface area contributed by atoms with Gasteiger partial charge in [0.2, 0.25) is 0 Å². The number of pyridine rings is 1. The summed E-state index contributed by atoms with van der Waals surface area (Å²) in [5.74, 6) is -1.04. The minimum atomic E-state index is -1.43. The summed E-state index contributed by atoms with van der Waals surface area (Å²) in [6.07, 6.45) is 1.98. The number of imidazole rings is 1. The first-order chi connectivity index (χ1) is 11.8. The third kappa shape index (κ3) is 2.93. The number of fused-ring (bicyclic) bond motifs is 3. The third-order valence-electron chi connectivity index (χ3n) is 4.62. The van der Waals surface area contributed by atoms with Crippen molar-refractivity contribution in [1.29, 1.82) is 0 Å². The minimum Gasteiger partial charge on any atom is -0.506 e. The number of carbonyl (C=O) groups is 1. The minimum absolute atomic E-state index is 0.437. The lowest BCUT2D eigenvalue weighted by molar-refractivity contribution is 0.0691. The van der Waals surface area contributed by atoms with Crippen LogP contribution in [0.4, 0.5) is 0 Å². The van der Waals surface area contributed by atoms with Crippen molar-refractivity contribution in [2.75, 3.05) is 20.6 Å². The van der Waals surface area contributed by atoms with Crippen molar-refractivity contribution in [3.8, 4) is 17.1 Å². The SMILES string of the molecule is Cc1nc2c(n1CCN(C)C)CCCc1c-2[nH]c(=O)c(C(=O)O)c1O. The molecule has 3 N–H and O–H groups in total. The normalized spacial score (nSPS) is 13.4. The molecule has 0 atom stereocenters. The molecular formula is C17H22N4O4. The lowest BCUT2D eigenvalue weighted by atomic mass is 10.0. The number of hydrogen-bond donors (Lipinski definition) is 3. The van der Waals surface area contributed by atoms with E-state index in [0.29, 0.717) is 23.4 Å². The number of aryl methyl sites for hydroxylation is 1. The van der Waals surface area contributed by atoms with Crippen LogP contribution in [0.15, 0.2) is 4.79 Å². The zero-order chi connectivity index (χ0) is 18.3. The van der Waals surface area contributed by atoms with Crippen LogP contribution in [0.5, 0.6) is 5.75 Å². The van der Waals surface area contributed by atoms with Crippen molar-refractivity contribution in [2.24, 2.45) is 0 Å². The molecule has 1 aliphatic rings. The van der Waals surface area contributed by atoms with E-state index in [9.17, 15) is 19.8 Å². The number of rotatable bonds is 4. The predicted octanol–water partition coefficient (Wildman–Crippen LogP) is 1.00. The maximum atomic E-state index is 12.1. The fourth-order valence-electron chi connectivity index (χ4n) is 3.36. The predicted molar refractivity (Wildman–Crippen MR) is 92.2 cm³/mol. The molecule has 25 heavy (non-hydrogen) atoms. The molecule has 0 aromatic carbocycles. The van der Waals surface area contributed by atoms with Gasteiger partial charge in [0.25, 0.3) is 5.56 Å². The van der Waals surface area contributed by atoms with Crippen molar-refractivity contribution in [1.82, 2.24) is 19.4 Å². The van der Waals surface area contributed by atoms with Gasteiger partial charge in [-0.05, 0) is 40.3 Å². The van der Waals surface area contributed by atoms with Crippen LogP contribution < -0.4 is 5.56 Å². The molecule has 2 aromatic heterocycles. The molecule has 2 heterocycles. The molecule has 8 nitrogen and oxygen atoms in total. The molecular weight excluding hydrogens is 324 g/mol. The Hall–Kier alpha value is -2.61. The van der Waals surface area contributed by atoms with E-state index >= 15 is 0 Å². The summed E-state index contributed by atoms with van der Waals surface area (Å²) in [5, 5.41) is 19.5. The summed E-state index contributed by atoms with van der Waals surface area (Å²) >= 11 is 0. The number of hydrogen-bond acceptors (Lipinski definition) is 5. The van der Waals surface area contributed by atoms with E-state index in [0.717, 1.165) is 37.4 Å². The molecule has 0 spiro atoms. The molecule has 2 aromatic rings. The highest BCUT2D eigenvalue weighted by Gasteiger charge is 2.28. The lowest BCUT2D eigenvalue weighted by Crippen LogP contribution is -2.20. The molecule has 0 aliphatic heterocycles. The van der Waals surface area contributed by atoms with Gasteiger partial charge >= 0.3 is 5.97 Å². The smallest absolute Gasteiger partial charge is 0.345 e. The molecule has 0 radical (unpaired) electrons. The number of carboxylic acid groups (broad SMARTS) is 1. The number of carboxylic acids is 1. The number of nitrogens with zero attached hydrogens (tertiary/aromatic N) is 3. The Balaban J connectivity index is 2.19. The second kappa shape index (κ2) is 6.36. The lowest BCUT2D eigenvalue weighted by Gasteiger charge is -2.14. The molecule has 0 fully saturated rings. The number of aromatic nitrogens is 3. The van der Waals surface area contributed by atoms with E-state index in [-0.39, 0.29) is 0 Å². The molecule has 8 heteroatoms. The molecule has 0 amide bonds. The van der Waals surface area contributed by atoms with E-state index in [4.69, 9.17) is 0 Å². The van der Waals surface area contributed by atoms with Gasteiger partial charge < -0.3 is 24.7 Å². The van der Waals surface area contributed by atoms with Crippen LogP contribution in [0.3, 0.4) is 0 Å². The Morgan fingerprint density at radius 2 is 2.08 bits per heavy atom. The zero-order valence-electron chi connectivity index (χ0n) is 14.6. The van der Waals surface area contributed by atoms with Gasteiger partial charge in [-0.15, -0.1) is 0 Å². The molecule has 0 saturated heterocycles. The number of aromatic amines is 1. The molecule has 0 saturated carbocycles. The molecule has 0 unspecified atom stereocenters. The van der Waals surface area contributed by atoms with E-state index in [1.807, 2.05) is 21.0 Å². The highest BCUT2D eigenvalue weighted by molar-refractivity contribution is 5.91. The standard InChI is InChI=1S/C17H22N4O4/c1-9-18-14-11(21(9)8-7-20(2)3)6-4-5-10-13(14)19-16(23)12(15(10)22)17(24)25/h4-8H2,1-3H3,(H,24,25)(H2,19,22,23). The number of nitrogens with one attached hydrogen (secondary N) is 1. The van der Waals surface area contributed by atoms with Gasteiger partial charge in [-0.2, -0.15) is 0 Å². The fraction of sp³-hybridized carbons (Fsp3) is 0.471. The number of H-pyrrole nitrogens is 1. The number of likely N-dealkylation sites (N-methyl/N-ethyl adjacent to an activating group) is 1. The highest BCUT2D eigenvalue weighted by Crippen LogP contribution is 2.35. The van der Waals surface area contributed by atoms with Crippen LogP contribution in [0.25, 0.3) is 11.4 Å². The van der Waals surface area contributed by atoms with E-state index in [2.05, 4.69) is 19.4 Å². The van der Waals surface area contributed by atoms with E-state index in [1.54, 1.807) is 0 Å². The summed E-state index contributed by atoms with van der Waals surface area (Å²) in [6, 6.07) is 0. The van der Waals surface area contributed by atoms with Crippen LogP contribution in [-0.4, -0.2) is 56.3 Å². The van der Waals surface area contributed by atoms with Crippen molar-refractivity contribution >= 4 is 5.97 Å². The van der Waals surface area contributed by atoms with Gasteiger partial charge in [0.1, 0.15) is 17.3 Å². The second-order valence-corrected chi connectivity index (χ2v) is 6.60. The van der Waals surface area contributed by atoms with Gasteiger partial charge in [0.05, 0.1) is 5.69 Å². The van der Waals surface area contributed by atoms with Crippen molar-refractivity contribution in [2.45, 2.75) is 32.7 Å². The number of aromatic carboxylic acids is 1. The Labute approximate surface area is 144 Å². The Bertz CT molecular complexity index is 895. The highest BCUT2D eigenvalue weighted by atomic mass is 16.4. The third-order valence-corrected chi connectivity index (χ3v) is 4.62. The van der Waals surface area contributed by atoms with Crippen molar-refractivity contribution < 1.29 is 15.0 Å². The zero-order valence-corrected chi connectivity index (χ0v) is 14.6. The van der Waals surface area contributed by atoms with Gasteiger partial charge in [-0.25, -0.2) is 9.78 Å². The van der Waals surface area contributed by atoms with Crippen LogP contribution >= 0.6 is 0 Å². The average Bonchev–Trinajstić information content (AvgIpc) is 2.71. The second-order valence-electron chi connectivity index (χ2n) is 6.60. The summed E-state index contributed by atoms with van der Waals surface area (Å²) in [5.41, 5.74) is 1.12. The monoisotopic (exact) mass is 346 g/mol. The van der Waals surface area contributed by atoms with Crippen molar-refractivity contribution in [3.05, 3.63) is 33.0 Å². The maximum absolute atomic E-state index is 12.1. The van der Waals surface area contributed by atoms with Gasteiger partial charge in [-0.3, -0.25) is 4.79 Å². The quantitative estimate of drug-likeness (QED) is 0.761. The molecule has 134 valence electrons.